The third-order valence-electron chi connectivity index (χ3n) is 4.09. The highest BCUT2D eigenvalue weighted by atomic mass is 16.3. The molecule has 0 saturated carbocycles. The van der Waals surface area contributed by atoms with Crippen molar-refractivity contribution >= 4 is 0 Å². The summed E-state index contributed by atoms with van der Waals surface area (Å²) in [5.41, 5.74) is 0.855. The minimum absolute atomic E-state index is 0.152. The second-order valence-electron chi connectivity index (χ2n) is 6.12. The van der Waals surface area contributed by atoms with Gasteiger partial charge in [0.15, 0.2) is 0 Å². The van der Waals surface area contributed by atoms with E-state index in [0.29, 0.717) is 6.04 Å². The lowest BCUT2D eigenvalue weighted by Crippen LogP contribution is -2.42. The zero-order valence-corrected chi connectivity index (χ0v) is 13.1. The van der Waals surface area contributed by atoms with Crippen LogP contribution >= 0.6 is 0 Å². The zero-order valence-electron chi connectivity index (χ0n) is 13.1. The van der Waals surface area contributed by atoms with E-state index in [-0.39, 0.29) is 5.41 Å². The van der Waals surface area contributed by atoms with E-state index in [9.17, 15) is 5.11 Å². The lowest BCUT2D eigenvalue weighted by Gasteiger charge is -2.38. The number of aliphatic hydroxyl groups is 1. The first kappa shape index (κ1) is 16.2. The molecule has 1 aromatic rings. The van der Waals surface area contributed by atoms with Crippen LogP contribution in [0.3, 0.4) is 0 Å². The van der Waals surface area contributed by atoms with Crippen LogP contribution in [0.1, 0.15) is 52.7 Å². The minimum Gasteiger partial charge on any atom is -0.388 e. The summed E-state index contributed by atoms with van der Waals surface area (Å²) in [5.74, 6) is 0. The molecule has 2 atom stereocenters. The molecular weight excluding hydrogens is 234 g/mol. The Labute approximate surface area is 118 Å². The van der Waals surface area contributed by atoms with Gasteiger partial charge in [0.05, 0.1) is 6.10 Å². The summed E-state index contributed by atoms with van der Waals surface area (Å²) < 4.78 is 0. The molecule has 0 aliphatic carbocycles. The Morgan fingerprint density at radius 1 is 1.16 bits per heavy atom. The standard InChI is InChI=1S/C17H29NO/c1-6-14(3)18(7-2)13-17(4,5)16(19)15-11-9-8-10-12-15/h8-12,14,16,19H,6-7,13H2,1-5H3. The Bertz CT molecular complexity index is 361. The lowest BCUT2D eigenvalue weighted by molar-refractivity contribution is 0.0119. The molecule has 0 fully saturated rings. The van der Waals surface area contributed by atoms with Gasteiger partial charge in [-0.25, -0.2) is 0 Å². The van der Waals surface area contributed by atoms with E-state index in [2.05, 4.69) is 39.5 Å². The van der Waals surface area contributed by atoms with E-state index in [1.54, 1.807) is 0 Å². The molecule has 1 rings (SSSR count). The van der Waals surface area contributed by atoms with Crippen LogP contribution in [0.2, 0.25) is 0 Å². The normalized spacial score (nSPS) is 15.5. The van der Waals surface area contributed by atoms with Gasteiger partial charge in [0.25, 0.3) is 0 Å². The first-order valence-corrected chi connectivity index (χ1v) is 7.39. The molecule has 2 unspecified atom stereocenters. The molecule has 2 heteroatoms. The lowest BCUT2D eigenvalue weighted by atomic mass is 9.81. The molecule has 0 heterocycles. The summed E-state index contributed by atoms with van der Waals surface area (Å²) in [6.45, 7) is 12.9. The van der Waals surface area contributed by atoms with Crippen LogP contribution in [0.15, 0.2) is 30.3 Å². The van der Waals surface area contributed by atoms with E-state index in [0.717, 1.165) is 25.1 Å². The van der Waals surface area contributed by atoms with E-state index >= 15 is 0 Å². The van der Waals surface area contributed by atoms with Crippen molar-refractivity contribution in [2.24, 2.45) is 5.41 Å². The molecule has 0 aliphatic heterocycles. The molecule has 0 spiro atoms. The summed E-state index contributed by atoms with van der Waals surface area (Å²) in [6.07, 6.45) is 0.720. The van der Waals surface area contributed by atoms with Crippen LogP contribution in [-0.4, -0.2) is 29.1 Å². The predicted molar refractivity (Wildman–Crippen MR) is 82.2 cm³/mol. The highest BCUT2D eigenvalue weighted by Gasteiger charge is 2.31. The van der Waals surface area contributed by atoms with Gasteiger partial charge in [0.1, 0.15) is 0 Å². The van der Waals surface area contributed by atoms with Crippen LogP contribution in [0.4, 0.5) is 0 Å². The third-order valence-corrected chi connectivity index (χ3v) is 4.09. The number of nitrogens with zero attached hydrogens (tertiary/aromatic N) is 1. The Morgan fingerprint density at radius 3 is 2.21 bits per heavy atom. The van der Waals surface area contributed by atoms with E-state index < -0.39 is 6.10 Å². The van der Waals surface area contributed by atoms with Crippen LogP contribution in [0, 0.1) is 5.41 Å². The first-order chi connectivity index (χ1) is 8.92. The molecule has 108 valence electrons. The summed E-state index contributed by atoms with van der Waals surface area (Å²) >= 11 is 0. The van der Waals surface area contributed by atoms with Gasteiger partial charge >= 0.3 is 0 Å². The van der Waals surface area contributed by atoms with Gasteiger partial charge in [-0.15, -0.1) is 0 Å². The number of rotatable bonds is 7. The summed E-state index contributed by atoms with van der Waals surface area (Å²) in [4.78, 5) is 2.45. The summed E-state index contributed by atoms with van der Waals surface area (Å²) in [7, 11) is 0. The van der Waals surface area contributed by atoms with Crippen molar-refractivity contribution in [3.8, 4) is 0 Å². The number of hydrogen-bond donors (Lipinski definition) is 1. The van der Waals surface area contributed by atoms with Gasteiger partial charge in [-0.05, 0) is 25.5 Å². The molecule has 0 amide bonds. The Morgan fingerprint density at radius 2 is 1.74 bits per heavy atom. The van der Waals surface area contributed by atoms with Gasteiger partial charge in [0.2, 0.25) is 0 Å². The van der Waals surface area contributed by atoms with Crippen molar-refractivity contribution in [1.29, 1.82) is 0 Å². The topological polar surface area (TPSA) is 23.5 Å². The maximum Gasteiger partial charge on any atom is 0.0853 e. The molecule has 0 aliphatic rings. The molecule has 1 aromatic carbocycles. The van der Waals surface area contributed by atoms with E-state index in [4.69, 9.17) is 0 Å². The fourth-order valence-electron chi connectivity index (χ4n) is 2.53. The van der Waals surface area contributed by atoms with Crippen molar-refractivity contribution in [3.63, 3.8) is 0 Å². The zero-order chi connectivity index (χ0) is 14.5. The van der Waals surface area contributed by atoms with Crippen LogP contribution in [-0.2, 0) is 0 Å². The molecule has 0 bridgehead atoms. The van der Waals surface area contributed by atoms with Gasteiger partial charge in [0, 0.05) is 18.0 Å². The highest BCUT2D eigenvalue weighted by Crippen LogP contribution is 2.34. The average Bonchev–Trinajstić information content (AvgIpc) is 2.44. The quantitative estimate of drug-likeness (QED) is 0.807. The highest BCUT2D eigenvalue weighted by molar-refractivity contribution is 5.19. The monoisotopic (exact) mass is 263 g/mol. The fraction of sp³-hybridized carbons (Fsp3) is 0.647. The Kier molecular flexibility index (Phi) is 6.02. The number of aliphatic hydroxyl groups excluding tert-OH is 1. The SMILES string of the molecule is CCC(C)N(CC)CC(C)(C)C(O)c1ccccc1. The van der Waals surface area contributed by atoms with Gasteiger partial charge in [-0.1, -0.05) is 58.0 Å². The van der Waals surface area contributed by atoms with Crippen molar-refractivity contribution in [3.05, 3.63) is 35.9 Å². The van der Waals surface area contributed by atoms with Crippen LogP contribution < -0.4 is 0 Å². The average molecular weight is 263 g/mol. The first-order valence-electron chi connectivity index (χ1n) is 7.39. The van der Waals surface area contributed by atoms with Crippen molar-refractivity contribution in [2.75, 3.05) is 13.1 Å². The maximum atomic E-state index is 10.6. The summed E-state index contributed by atoms with van der Waals surface area (Å²) in [5, 5.41) is 10.6. The van der Waals surface area contributed by atoms with Crippen molar-refractivity contribution in [1.82, 2.24) is 4.90 Å². The largest absolute Gasteiger partial charge is 0.388 e. The van der Waals surface area contributed by atoms with Crippen molar-refractivity contribution < 1.29 is 5.11 Å². The van der Waals surface area contributed by atoms with Gasteiger partial charge in [-0.3, -0.25) is 0 Å². The van der Waals surface area contributed by atoms with E-state index in [1.165, 1.54) is 0 Å². The van der Waals surface area contributed by atoms with E-state index in [1.807, 2.05) is 30.3 Å². The molecule has 0 radical (unpaired) electrons. The second-order valence-corrected chi connectivity index (χ2v) is 6.12. The molecule has 19 heavy (non-hydrogen) atoms. The third kappa shape index (κ3) is 4.32. The number of benzene rings is 1. The Balaban J connectivity index is 2.79. The maximum absolute atomic E-state index is 10.6. The molecule has 0 aromatic heterocycles. The Hall–Kier alpha value is -0.860. The smallest absolute Gasteiger partial charge is 0.0853 e. The van der Waals surface area contributed by atoms with Crippen LogP contribution in [0.25, 0.3) is 0 Å². The van der Waals surface area contributed by atoms with Gasteiger partial charge in [-0.2, -0.15) is 0 Å². The minimum atomic E-state index is -0.424. The van der Waals surface area contributed by atoms with Gasteiger partial charge < -0.3 is 10.0 Å². The second kappa shape index (κ2) is 7.06. The fourth-order valence-corrected chi connectivity index (χ4v) is 2.53. The number of hydrogen-bond acceptors (Lipinski definition) is 2. The summed E-state index contributed by atoms with van der Waals surface area (Å²) in [6, 6.07) is 10.5. The van der Waals surface area contributed by atoms with Crippen molar-refractivity contribution in [2.45, 2.75) is 53.2 Å². The molecule has 0 saturated heterocycles. The molecule has 1 N–H and O–H groups in total. The molecule has 2 nitrogen and oxygen atoms in total. The van der Waals surface area contributed by atoms with Crippen LogP contribution in [0.5, 0.6) is 0 Å². The predicted octanol–water partition coefficient (Wildman–Crippen LogP) is 3.87. The molecular formula is C17H29NO.